The molecule has 1 aromatic rings. The van der Waals surface area contributed by atoms with Gasteiger partial charge in [0.05, 0.1) is 0 Å². The van der Waals surface area contributed by atoms with E-state index in [4.69, 9.17) is 0 Å². The van der Waals surface area contributed by atoms with Crippen LogP contribution in [0.3, 0.4) is 0 Å². The van der Waals surface area contributed by atoms with Crippen molar-refractivity contribution in [2.75, 3.05) is 6.54 Å². The van der Waals surface area contributed by atoms with Crippen LogP contribution in [-0.4, -0.2) is 21.0 Å². The molecule has 2 unspecified atom stereocenters. The predicted molar refractivity (Wildman–Crippen MR) is 83.4 cm³/mol. The summed E-state index contributed by atoms with van der Waals surface area (Å²) >= 11 is 1.36. The van der Waals surface area contributed by atoms with Crippen molar-refractivity contribution < 1.29 is 8.42 Å². The summed E-state index contributed by atoms with van der Waals surface area (Å²) in [5.41, 5.74) is 0. The lowest BCUT2D eigenvalue weighted by Gasteiger charge is -2.26. The first-order chi connectivity index (χ1) is 9.51. The van der Waals surface area contributed by atoms with E-state index < -0.39 is 10.0 Å². The van der Waals surface area contributed by atoms with E-state index in [0.717, 1.165) is 37.2 Å². The Balaban J connectivity index is 2.00. The van der Waals surface area contributed by atoms with E-state index in [0.29, 0.717) is 10.1 Å². The molecule has 0 aliphatic heterocycles. The molecule has 2 rings (SSSR count). The van der Waals surface area contributed by atoms with Crippen LogP contribution >= 0.6 is 11.3 Å². The zero-order valence-corrected chi connectivity index (χ0v) is 13.8. The van der Waals surface area contributed by atoms with Gasteiger partial charge in [0, 0.05) is 17.5 Å². The van der Waals surface area contributed by atoms with Crippen LogP contribution in [0.15, 0.2) is 16.3 Å². The molecule has 0 amide bonds. The quantitative estimate of drug-likeness (QED) is 0.848. The van der Waals surface area contributed by atoms with E-state index in [2.05, 4.69) is 17.0 Å². The molecule has 0 saturated heterocycles. The Hall–Kier alpha value is -0.430. The Morgan fingerprint density at radius 3 is 2.85 bits per heavy atom. The molecule has 2 N–H and O–H groups in total. The van der Waals surface area contributed by atoms with Crippen LogP contribution in [0.25, 0.3) is 0 Å². The van der Waals surface area contributed by atoms with E-state index in [1.807, 2.05) is 13.0 Å². The average molecular weight is 316 g/mol. The van der Waals surface area contributed by atoms with E-state index >= 15 is 0 Å². The Labute approximate surface area is 126 Å². The summed E-state index contributed by atoms with van der Waals surface area (Å²) in [4.78, 5) is 1.06. The van der Waals surface area contributed by atoms with Gasteiger partial charge >= 0.3 is 0 Å². The van der Waals surface area contributed by atoms with Crippen molar-refractivity contribution in [3.05, 3.63) is 17.0 Å². The van der Waals surface area contributed by atoms with Crippen LogP contribution in [0.4, 0.5) is 0 Å². The highest BCUT2D eigenvalue weighted by Gasteiger charge is 2.25. The molecule has 1 aliphatic rings. The summed E-state index contributed by atoms with van der Waals surface area (Å²) in [6, 6.07) is 3.71. The Kier molecular flexibility index (Phi) is 5.60. The minimum atomic E-state index is -3.35. The normalized spacial score (nSPS) is 23.9. The van der Waals surface area contributed by atoms with Gasteiger partial charge in [0.2, 0.25) is 10.0 Å². The lowest BCUT2D eigenvalue weighted by molar-refractivity contribution is 0.327. The van der Waals surface area contributed by atoms with E-state index in [1.165, 1.54) is 17.8 Å². The zero-order chi connectivity index (χ0) is 14.6. The van der Waals surface area contributed by atoms with Crippen molar-refractivity contribution in [2.24, 2.45) is 5.92 Å². The van der Waals surface area contributed by atoms with Gasteiger partial charge in [0.15, 0.2) is 0 Å². The minimum absolute atomic E-state index is 0.100. The lowest BCUT2D eigenvalue weighted by atomic mass is 9.88. The Bertz CT molecular complexity index is 525. The second-order valence-electron chi connectivity index (χ2n) is 5.59. The highest BCUT2D eigenvalue weighted by Crippen LogP contribution is 2.26. The van der Waals surface area contributed by atoms with Gasteiger partial charge in [-0.2, -0.15) is 0 Å². The summed E-state index contributed by atoms with van der Waals surface area (Å²) in [5, 5.41) is 3.21. The maximum Gasteiger partial charge on any atom is 0.250 e. The Morgan fingerprint density at radius 2 is 2.15 bits per heavy atom. The van der Waals surface area contributed by atoms with Crippen molar-refractivity contribution >= 4 is 21.4 Å². The minimum Gasteiger partial charge on any atom is -0.312 e. The van der Waals surface area contributed by atoms with Crippen molar-refractivity contribution in [1.82, 2.24) is 10.0 Å². The van der Waals surface area contributed by atoms with Gasteiger partial charge in [0.25, 0.3) is 0 Å². The first-order valence-corrected chi connectivity index (χ1v) is 9.63. The fourth-order valence-electron chi connectivity index (χ4n) is 2.66. The number of rotatable bonds is 6. The SMILES string of the molecule is CCNCc1ccc(S(=O)(=O)NC2CCCC(C)C2)s1. The molecule has 1 heterocycles. The molecule has 1 aromatic heterocycles. The van der Waals surface area contributed by atoms with E-state index in [9.17, 15) is 8.42 Å². The third kappa shape index (κ3) is 4.28. The lowest BCUT2D eigenvalue weighted by Crippen LogP contribution is -2.37. The van der Waals surface area contributed by atoms with Crippen LogP contribution in [0, 0.1) is 5.92 Å². The summed E-state index contributed by atoms with van der Waals surface area (Å²) in [5.74, 6) is 0.615. The van der Waals surface area contributed by atoms with Crippen LogP contribution in [-0.2, 0) is 16.6 Å². The highest BCUT2D eigenvalue weighted by atomic mass is 32.2. The molecule has 0 bridgehead atoms. The maximum absolute atomic E-state index is 12.4. The fourth-order valence-corrected chi connectivity index (χ4v) is 5.29. The van der Waals surface area contributed by atoms with Gasteiger partial charge in [-0.05, 0) is 37.4 Å². The molecule has 6 heteroatoms. The van der Waals surface area contributed by atoms with Crippen molar-refractivity contribution in [3.63, 3.8) is 0 Å². The fraction of sp³-hybridized carbons (Fsp3) is 0.714. The van der Waals surface area contributed by atoms with Gasteiger partial charge in [-0.15, -0.1) is 11.3 Å². The third-order valence-corrected chi connectivity index (χ3v) is 6.81. The molecular weight excluding hydrogens is 292 g/mol. The third-order valence-electron chi connectivity index (χ3n) is 3.71. The maximum atomic E-state index is 12.4. The number of sulfonamides is 1. The summed E-state index contributed by atoms with van der Waals surface area (Å²) < 4.78 is 28.1. The first kappa shape index (κ1) is 15.9. The highest BCUT2D eigenvalue weighted by molar-refractivity contribution is 7.91. The van der Waals surface area contributed by atoms with Crippen molar-refractivity contribution in [2.45, 2.75) is 56.3 Å². The summed E-state index contributed by atoms with van der Waals surface area (Å²) in [7, 11) is -3.35. The van der Waals surface area contributed by atoms with Gasteiger partial charge in [-0.3, -0.25) is 0 Å². The zero-order valence-electron chi connectivity index (χ0n) is 12.2. The smallest absolute Gasteiger partial charge is 0.250 e. The summed E-state index contributed by atoms with van der Waals surface area (Å²) in [6.07, 6.45) is 4.24. The molecule has 2 atom stereocenters. The van der Waals surface area contributed by atoms with Crippen molar-refractivity contribution in [3.8, 4) is 0 Å². The second kappa shape index (κ2) is 7.02. The summed E-state index contributed by atoms with van der Waals surface area (Å²) in [6.45, 7) is 5.85. The number of hydrogen-bond acceptors (Lipinski definition) is 4. The molecular formula is C14H24N2O2S2. The largest absolute Gasteiger partial charge is 0.312 e. The molecule has 1 saturated carbocycles. The monoisotopic (exact) mass is 316 g/mol. The van der Waals surface area contributed by atoms with Crippen molar-refractivity contribution in [1.29, 1.82) is 0 Å². The number of thiophene rings is 1. The Morgan fingerprint density at radius 1 is 1.35 bits per heavy atom. The van der Waals surface area contributed by atoms with Crippen LogP contribution in [0.2, 0.25) is 0 Å². The van der Waals surface area contributed by atoms with Crippen LogP contribution in [0.1, 0.15) is 44.4 Å². The first-order valence-electron chi connectivity index (χ1n) is 7.33. The van der Waals surface area contributed by atoms with Gasteiger partial charge in [-0.25, -0.2) is 13.1 Å². The number of nitrogens with one attached hydrogen (secondary N) is 2. The topological polar surface area (TPSA) is 58.2 Å². The van der Waals surface area contributed by atoms with E-state index in [1.54, 1.807) is 6.07 Å². The molecule has 0 aromatic carbocycles. The standard InChI is InChI=1S/C14H24N2O2S2/c1-3-15-10-13-7-8-14(19-13)20(17,18)16-12-6-4-5-11(2)9-12/h7-8,11-12,15-16H,3-6,9-10H2,1-2H3. The molecule has 4 nitrogen and oxygen atoms in total. The molecule has 0 spiro atoms. The number of hydrogen-bond donors (Lipinski definition) is 2. The molecule has 1 aliphatic carbocycles. The molecule has 114 valence electrons. The molecule has 20 heavy (non-hydrogen) atoms. The van der Waals surface area contributed by atoms with Gasteiger partial charge < -0.3 is 5.32 Å². The predicted octanol–water partition coefficient (Wildman–Crippen LogP) is 2.71. The van der Waals surface area contributed by atoms with Crippen LogP contribution < -0.4 is 10.0 Å². The molecule has 1 fully saturated rings. The van der Waals surface area contributed by atoms with E-state index in [-0.39, 0.29) is 6.04 Å². The average Bonchev–Trinajstić information content (AvgIpc) is 2.85. The van der Waals surface area contributed by atoms with Gasteiger partial charge in [-0.1, -0.05) is 26.7 Å². The molecule has 0 radical (unpaired) electrons. The second-order valence-corrected chi connectivity index (χ2v) is 8.70. The van der Waals surface area contributed by atoms with Crippen LogP contribution in [0.5, 0.6) is 0 Å². The van der Waals surface area contributed by atoms with Gasteiger partial charge in [0.1, 0.15) is 4.21 Å².